The highest BCUT2D eigenvalue weighted by molar-refractivity contribution is 5.71. The molecule has 0 aromatic carbocycles. The van der Waals surface area contributed by atoms with Gasteiger partial charge in [-0.1, -0.05) is 24.3 Å². The van der Waals surface area contributed by atoms with Gasteiger partial charge in [-0.15, -0.1) is 0 Å². The van der Waals surface area contributed by atoms with Gasteiger partial charge in [-0.3, -0.25) is 4.79 Å². The second-order valence-corrected chi connectivity index (χ2v) is 2.87. The Kier molecular flexibility index (Phi) is 4.26. The number of esters is 1. The molecule has 0 spiro atoms. The zero-order chi connectivity index (χ0) is 9.52. The fraction of sp³-hybridized carbons (Fsp3) is 0.500. The van der Waals surface area contributed by atoms with Gasteiger partial charge in [0.05, 0.1) is 13.2 Å². The number of allylic oxidation sites excluding steroid dienone is 2. The summed E-state index contributed by atoms with van der Waals surface area (Å²) in [4.78, 5) is 10.9. The van der Waals surface area contributed by atoms with Gasteiger partial charge in [-0.2, -0.15) is 0 Å². The molecule has 0 aromatic rings. The molecule has 1 aliphatic rings. The zero-order valence-corrected chi connectivity index (χ0v) is 7.82. The van der Waals surface area contributed by atoms with Crippen molar-refractivity contribution in [1.29, 1.82) is 0 Å². The van der Waals surface area contributed by atoms with Crippen LogP contribution in [0.4, 0.5) is 0 Å². The van der Waals surface area contributed by atoms with Gasteiger partial charge in [0.1, 0.15) is 0 Å². The van der Waals surface area contributed by atoms with Crippen LogP contribution in [0.5, 0.6) is 0 Å². The van der Waals surface area contributed by atoms with Crippen LogP contribution in [0.25, 0.3) is 0 Å². The summed E-state index contributed by atoms with van der Waals surface area (Å²) in [6.07, 6.45) is 8.21. The smallest absolute Gasteiger partial charge is 0.319 e. The first kappa shape index (κ1) is 9.99. The lowest BCUT2D eigenvalue weighted by Crippen LogP contribution is -2.28. The van der Waals surface area contributed by atoms with Gasteiger partial charge in [0.2, 0.25) is 0 Å². The molecule has 13 heavy (non-hydrogen) atoms. The topological polar surface area (TPSA) is 38.3 Å². The minimum atomic E-state index is -0.187. The summed E-state index contributed by atoms with van der Waals surface area (Å²) in [6, 6.07) is 0. The highest BCUT2D eigenvalue weighted by atomic mass is 16.5. The fourth-order valence-electron chi connectivity index (χ4n) is 1.17. The Morgan fingerprint density at radius 1 is 1.46 bits per heavy atom. The molecule has 72 valence electrons. The molecule has 3 nitrogen and oxygen atoms in total. The third kappa shape index (κ3) is 3.90. The Hall–Kier alpha value is -1.09. The molecule has 1 aliphatic carbocycles. The maximum Gasteiger partial charge on any atom is 0.319 e. The van der Waals surface area contributed by atoms with E-state index in [1.807, 2.05) is 12.2 Å². The number of rotatable bonds is 5. The van der Waals surface area contributed by atoms with Crippen LogP contribution >= 0.6 is 0 Å². The van der Waals surface area contributed by atoms with Gasteiger partial charge in [0.15, 0.2) is 0 Å². The average Bonchev–Trinajstić information content (AvgIpc) is 2.57. The lowest BCUT2D eigenvalue weighted by molar-refractivity contribution is -0.142. The summed E-state index contributed by atoms with van der Waals surface area (Å²) in [5, 5.41) is 3.03. The molecule has 0 aromatic heterocycles. The van der Waals surface area contributed by atoms with Crippen molar-refractivity contribution in [2.24, 2.45) is 5.92 Å². The summed E-state index contributed by atoms with van der Waals surface area (Å²) < 4.78 is 4.77. The van der Waals surface area contributed by atoms with Crippen molar-refractivity contribution in [3.63, 3.8) is 0 Å². The van der Waals surface area contributed by atoms with E-state index in [0.29, 0.717) is 19.1 Å². The minimum absolute atomic E-state index is 0.187. The van der Waals surface area contributed by atoms with Crippen molar-refractivity contribution in [2.75, 3.05) is 19.7 Å². The largest absolute Gasteiger partial charge is 0.465 e. The maximum absolute atomic E-state index is 10.9. The van der Waals surface area contributed by atoms with Crippen LogP contribution in [0.15, 0.2) is 24.3 Å². The molecule has 0 aliphatic heterocycles. The molecule has 0 saturated carbocycles. The first-order valence-corrected chi connectivity index (χ1v) is 4.54. The quantitative estimate of drug-likeness (QED) is 0.640. The van der Waals surface area contributed by atoms with Crippen molar-refractivity contribution < 1.29 is 9.53 Å². The molecule has 0 saturated heterocycles. The van der Waals surface area contributed by atoms with Gasteiger partial charge >= 0.3 is 5.97 Å². The summed E-state index contributed by atoms with van der Waals surface area (Å²) in [6.45, 7) is 3.35. The first-order chi connectivity index (χ1) is 6.33. The number of hydrogen-bond acceptors (Lipinski definition) is 3. The van der Waals surface area contributed by atoms with Crippen LogP contribution < -0.4 is 5.32 Å². The summed E-state index contributed by atoms with van der Waals surface area (Å²) in [7, 11) is 0. The highest BCUT2D eigenvalue weighted by Gasteiger charge is 2.05. The van der Waals surface area contributed by atoms with Crippen molar-refractivity contribution in [3.05, 3.63) is 24.3 Å². The van der Waals surface area contributed by atoms with Gasteiger partial charge in [-0.25, -0.2) is 0 Å². The molecule has 1 N–H and O–H groups in total. The van der Waals surface area contributed by atoms with Crippen LogP contribution in [-0.2, 0) is 9.53 Å². The van der Waals surface area contributed by atoms with Crippen molar-refractivity contribution >= 4 is 5.97 Å². The van der Waals surface area contributed by atoms with Gasteiger partial charge in [-0.05, 0) is 6.92 Å². The number of nitrogens with one attached hydrogen (secondary N) is 1. The third-order valence-electron chi connectivity index (χ3n) is 1.78. The van der Waals surface area contributed by atoms with Gasteiger partial charge in [0.25, 0.3) is 0 Å². The Bertz CT molecular complexity index is 209. The number of ether oxygens (including phenoxy) is 1. The second-order valence-electron chi connectivity index (χ2n) is 2.87. The Balaban J connectivity index is 2.03. The predicted octanol–water partition coefficient (Wildman–Crippen LogP) is 0.881. The predicted molar refractivity (Wildman–Crippen MR) is 51.3 cm³/mol. The molecule has 0 atom stereocenters. The molecular weight excluding hydrogens is 166 g/mol. The average molecular weight is 181 g/mol. The summed E-state index contributed by atoms with van der Waals surface area (Å²) in [5.41, 5.74) is 0. The first-order valence-electron chi connectivity index (χ1n) is 4.54. The van der Waals surface area contributed by atoms with Crippen LogP contribution in [0.1, 0.15) is 6.92 Å². The minimum Gasteiger partial charge on any atom is -0.465 e. The summed E-state index contributed by atoms with van der Waals surface area (Å²) >= 11 is 0. The van der Waals surface area contributed by atoms with Crippen molar-refractivity contribution in [2.45, 2.75) is 6.92 Å². The second kappa shape index (κ2) is 5.54. The monoisotopic (exact) mass is 181 g/mol. The van der Waals surface area contributed by atoms with E-state index in [2.05, 4.69) is 17.5 Å². The fourth-order valence-corrected chi connectivity index (χ4v) is 1.17. The normalized spacial score (nSPS) is 15.2. The molecule has 0 heterocycles. The van der Waals surface area contributed by atoms with E-state index in [1.165, 1.54) is 0 Å². The van der Waals surface area contributed by atoms with E-state index < -0.39 is 0 Å². The number of carbonyl (C=O) groups is 1. The van der Waals surface area contributed by atoms with Crippen molar-refractivity contribution in [1.82, 2.24) is 5.32 Å². The maximum atomic E-state index is 10.9. The Labute approximate surface area is 78.5 Å². The molecule has 0 fully saturated rings. The van der Waals surface area contributed by atoms with E-state index in [1.54, 1.807) is 6.92 Å². The van der Waals surface area contributed by atoms with Crippen LogP contribution in [0.2, 0.25) is 0 Å². The van der Waals surface area contributed by atoms with E-state index in [0.717, 1.165) is 6.54 Å². The molecule has 0 radical (unpaired) electrons. The van der Waals surface area contributed by atoms with E-state index in [9.17, 15) is 4.79 Å². The van der Waals surface area contributed by atoms with E-state index in [4.69, 9.17) is 4.74 Å². The number of hydrogen-bond donors (Lipinski definition) is 1. The lowest BCUT2D eigenvalue weighted by atomic mass is 10.2. The molecular formula is C10H15NO2. The zero-order valence-electron chi connectivity index (χ0n) is 7.82. The van der Waals surface area contributed by atoms with Gasteiger partial charge in [0, 0.05) is 12.5 Å². The molecule has 0 bridgehead atoms. The Morgan fingerprint density at radius 2 is 2.15 bits per heavy atom. The standard InChI is InChI=1S/C10H15NO2/c1-2-13-10(12)8-11-7-9-5-3-4-6-9/h3-6,9,11H,2,7-8H2,1H3. The SMILES string of the molecule is CCOC(=O)CNCC1C=CC=C1. The third-order valence-corrected chi connectivity index (χ3v) is 1.78. The highest BCUT2D eigenvalue weighted by Crippen LogP contribution is 2.06. The van der Waals surface area contributed by atoms with Crippen molar-refractivity contribution in [3.8, 4) is 0 Å². The van der Waals surface area contributed by atoms with Crippen LogP contribution in [0, 0.1) is 5.92 Å². The molecule has 3 heteroatoms. The van der Waals surface area contributed by atoms with Gasteiger partial charge < -0.3 is 10.1 Å². The van der Waals surface area contributed by atoms with Crippen LogP contribution in [-0.4, -0.2) is 25.7 Å². The number of carbonyl (C=O) groups excluding carboxylic acids is 1. The molecule has 0 amide bonds. The van der Waals surface area contributed by atoms with E-state index in [-0.39, 0.29) is 5.97 Å². The molecule has 0 unspecified atom stereocenters. The van der Waals surface area contributed by atoms with E-state index >= 15 is 0 Å². The molecule has 1 rings (SSSR count). The summed E-state index contributed by atoms with van der Waals surface area (Å²) in [5.74, 6) is 0.239. The lowest BCUT2D eigenvalue weighted by Gasteiger charge is -2.06. The van der Waals surface area contributed by atoms with Crippen LogP contribution in [0.3, 0.4) is 0 Å². The Morgan fingerprint density at radius 3 is 2.77 bits per heavy atom.